The van der Waals surface area contributed by atoms with Gasteiger partial charge >= 0.3 is 0 Å². The number of nitrogens with zero attached hydrogens (tertiary/aromatic N) is 1. The zero-order valence-corrected chi connectivity index (χ0v) is 15.8. The highest BCUT2D eigenvalue weighted by Crippen LogP contribution is 2.25. The van der Waals surface area contributed by atoms with Crippen LogP contribution in [0.3, 0.4) is 0 Å². The molecule has 0 atom stereocenters. The molecule has 3 aromatic rings. The first kappa shape index (κ1) is 18.6. The van der Waals surface area contributed by atoms with E-state index in [0.717, 1.165) is 21.7 Å². The second-order valence-electron chi connectivity index (χ2n) is 6.95. The van der Waals surface area contributed by atoms with Gasteiger partial charge in [0.05, 0.1) is 5.69 Å². The molecular weight excluding hydrogens is 364 g/mol. The Morgan fingerprint density at radius 1 is 0.828 bits per heavy atom. The van der Waals surface area contributed by atoms with Gasteiger partial charge in [-0.25, -0.2) is 0 Å². The number of rotatable bonds is 5. The van der Waals surface area contributed by atoms with Gasteiger partial charge < -0.3 is 5.32 Å². The van der Waals surface area contributed by atoms with E-state index in [-0.39, 0.29) is 30.6 Å². The minimum absolute atomic E-state index is 0.210. The van der Waals surface area contributed by atoms with Crippen LogP contribution < -0.4 is 10.2 Å². The van der Waals surface area contributed by atoms with Crippen LogP contribution in [0.4, 0.5) is 11.4 Å². The molecule has 1 N–H and O–H groups in total. The molecule has 3 amide bonds. The number of nitrogens with one attached hydrogen (secondary N) is 1. The van der Waals surface area contributed by atoms with Crippen LogP contribution in [0.1, 0.15) is 34.3 Å². The number of carbonyl (C=O) groups is 3. The summed E-state index contributed by atoms with van der Waals surface area (Å²) >= 11 is 0. The maximum absolute atomic E-state index is 12.8. The number of anilines is 2. The molecule has 3 aromatic carbocycles. The van der Waals surface area contributed by atoms with Crippen molar-refractivity contribution in [2.24, 2.45) is 0 Å². The summed E-state index contributed by atoms with van der Waals surface area (Å²) in [5.41, 5.74) is 3.72. The molecule has 0 saturated carbocycles. The third-order valence-corrected chi connectivity index (χ3v) is 4.92. The number of para-hydroxylation sites is 1. The van der Waals surface area contributed by atoms with Crippen LogP contribution in [0.5, 0.6) is 0 Å². The minimum atomic E-state index is -0.286. The Morgan fingerprint density at radius 3 is 2.28 bits per heavy atom. The molecule has 0 aliphatic carbocycles. The Labute approximate surface area is 169 Å². The Bertz CT molecular complexity index is 1060. The van der Waals surface area contributed by atoms with Crippen LogP contribution in [0.15, 0.2) is 78.9 Å². The molecule has 1 fully saturated rings. The molecule has 4 rings (SSSR count). The predicted molar refractivity (Wildman–Crippen MR) is 112 cm³/mol. The van der Waals surface area contributed by atoms with Crippen LogP contribution in [0, 0.1) is 0 Å². The fraction of sp³-hybridized carbons (Fsp3) is 0.125. The van der Waals surface area contributed by atoms with E-state index in [2.05, 4.69) is 5.32 Å². The summed E-state index contributed by atoms with van der Waals surface area (Å²) in [6.45, 7) is 0. The molecule has 0 bridgehead atoms. The highest BCUT2D eigenvalue weighted by Gasteiger charge is 2.30. The summed E-state index contributed by atoms with van der Waals surface area (Å²) < 4.78 is 0. The van der Waals surface area contributed by atoms with E-state index in [4.69, 9.17) is 0 Å². The van der Waals surface area contributed by atoms with E-state index in [0.29, 0.717) is 17.7 Å². The third kappa shape index (κ3) is 4.09. The normalized spacial score (nSPS) is 13.6. The Morgan fingerprint density at radius 2 is 1.52 bits per heavy atom. The van der Waals surface area contributed by atoms with E-state index in [1.54, 1.807) is 24.3 Å². The fourth-order valence-electron chi connectivity index (χ4n) is 3.46. The average Bonchev–Trinajstić information content (AvgIpc) is 3.08. The van der Waals surface area contributed by atoms with E-state index < -0.39 is 0 Å². The molecule has 1 aliphatic rings. The van der Waals surface area contributed by atoms with Gasteiger partial charge in [-0.2, -0.15) is 0 Å². The number of carbonyl (C=O) groups excluding carboxylic acids is 3. The SMILES string of the molecule is O=C(Nc1ccccc1Cc1ccccc1)c1cccc(N2C(=O)CCC2=O)c1. The number of hydrogen-bond donors (Lipinski definition) is 1. The lowest BCUT2D eigenvalue weighted by molar-refractivity contribution is -0.121. The summed E-state index contributed by atoms with van der Waals surface area (Å²) in [4.78, 5) is 38.0. The van der Waals surface area contributed by atoms with Crippen molar-refractivity contribution in [1.29, 1.82) is 0 Å². The minimum Gasteiger partial charge on any atom is -0.322 e. The van der Waals surface area contributed by atoms with E-state index in [1.807, 2.05) is 54.6 Å². The van der Waals surface area contributed by atoms with E-state index in [1.165, 1.54) is 0 Å². The maximum atomic E-state index is 12.8. The monoisotopic (exact) mass is 384 g/mol. The quantitative estimate of drug-likeness (QED) is 0.671. The van der Waals surface area contributed by atoms with Crippen molar-refractivity contribution in [2.45, 2.75) is 19.3 Å². The molecule has 0 spiro atoms. The van der Waals surface area contributed by atoms with Crippen molar-refractivity contribution in [2.75, 3.05) is 10.2 Å². The first-order chi connectivity index (χ1) is 14.1. The van der Waals surface area contributed by atoms with Gasteiger partial charge in [-0.1, -0.05) is 54.6 Å². The van der Waals surface area contributed by atoms with Gasteiger partial charge in [0, 0.05) is 24.1 Å². The van der Waals surface area contributed by atoms with Gasteiger partial charge in [0.25, 0.3) is 5.91 Å². The van der Waals surface area contributed by atoms with E-state index >= 15 is 0 Å². The molecule has 0 unspecified atom stereocenters. The van der Waals surface area contributed by atoms with Crippen molar-refractivity contribution in [3.05, 3.63) is 95.6 Å². The molecule has 1 saturated heterocycles. The lowest BCUT2D eigenvalue weighted by Gasteiger charge is -2.15. The molecule has 29 heavy (non-hydrogen) atoms. The first-order valence-electron chi connectivity index (χ1n) is 9.51. The standard InChI is InChI=1S/C24H20N2O3/c27-22-13-14-23(28)26(22)20-11-6-10-19(16-20)24(29)25-21-12-5-4-9-18(21)15-17-7-2-1-3-8-17/h1-12,16H,13-15H2,(H,25,29). The Kier molecular flexibility index (Phi) is 5.20. The average molecular weight is 384 g/mol. The maximum Gasteiger partial charge on any atom is 0.255 e. The van der Waals surface area contributed by atoms with Crippen LogP contribution in [0.25, 0.3) is 0 Å². The Hall–Kier alpha value is -3.73. The van der Waals surface area contributed by atoms with Gasteiger partial charge in [-0.05, 0) is 41.8 Å². The molecule has 0 aromatic heterocycles. The van der Waals surface area contributed by atoms with Gasteiger partial charge in [-0.3, -0.25) is 19.3 Å². The van der Waals surface area contributed by atoms with E-state index in [9.17, 15) is 14.4 Å². The Balaban J connectivity index is 1.55. The number of imide groups is 1. The fourth-order valence-corrected chi connectivity index (χ4v) is 3.46. The van der Waals surface area contributed by atoms with Crippen LogP contribution in [-0.4, -0.2) is 17.7 Å². The second kappa shape index (κ2) is 8.10. The number of hydrogen-bond acceptors (Lipinski definition) is 3. The largest absolute Gasteiger partial charge is 0.322 e. The zero-order valence-electron chi connectivity index (χ0n) is 15.8. The molecule has 5 heteroatoms. The van der Waals surface area contributed by atoms with Crippen molar-refractivity contribution in [1.82, 2.24) is 0 Å². The highest BCUT2D eigenvalue weighted by atomic mass is 16.2. The van der Waals surface area contributed by atoms with Crippen LogP contribution in [0.2, 0.25) is 0 Å². The summed E-state index contributed by atoms with van der Waals surface area (Å²) in [7, 11) is 0. The zero-order chi connectivity index (χ0) is 20.2. The molecule has 1 aliphatic heterocycles. The summed E-state index contributed by atoms with van der Waals surface area (Å²) in [6, 6.07) is 24.3. The van der Waals surface area contributed by atoms with Gasteiger partial charge in [0.1, 0.15) is 0 Å². The molecule has 0 radical (unpaired) electrons. The van der Waals surface area contributed by atoms with Crippen molar-refractivity contribution in [3.63, 3.8) is 0 Å². The molecule has 1 heterocycles. The first-order valence-corrected chi connectivity index (χ1v) is 9.51. The summed E-state index contributed by atoms with van der Waals surface area (Å²) in [6.07, 6.45) is 1.12. The molecular formula is C24H20N2O3. The number of benzene rings is 3. The number of amides is 3. The highest BCUT2D eigenvalue weighted by molar-refractivity contribution is 6.20. The molecule has 5 nitrogen and oxygen atoms in total. The topological polar surface area (TPSA) is 66.5 Å². The lowest BCUT2D eigenvalue weighted by atomic mass is 10.0. The van der Waals surface area contributed by atoms with Crippen LogP contribution >= 0.6 is 0 Å². The third-order valence-electron chi connectivity index (χ3n) is 4.92. The van der Waals surface area contributed by atoms with Crippen molar-refractivity contribution >= 4 is 29.1 Å². The van der Waals surface area contributed by atoms with Gasteiger partial charge in [0.2, 0.25) is 11.8 Å². The smallest absolute Gasteiger partial charge is 0.255 e. The summed E-state index contributed by atoms with van der Waals surface area (Å²) in [5, 5.41) is 2.96. The van der Waals surface area contributed by atoms with Crippen molar-refractivity contribution in [3.8, 4) is 0 Å². The lowest BCUT2D eigenvalue weighted by Crippen LogP contribution is -2.28. The van der Waals surface area contributed by atoms with Crippen molar-refractivity contribution < 1.29 is 14.4 Å². The summed E-state index contributed by atoms with van der Waals surface area (Å²) in [5.74, 6) is -0.756. The van der Waals surface area contributed by atoms with Gasteiger partial charge in [0.15, 0.2) is 0 Å². The van der Waals surface area contributed by atoms with Gasteiger partial charge in [-0.15, -0.1) is 0 Å². The van der Waals surface area contributed by atoms with Crippen LogP contribution in [-0.2, 0) is 16.0 Å². The molecule has 144 valence electrons. The second-order valence-corrected chi connectivity index (χ2v) is 6.95. The predicted octanol–water partition coefficient (Wildman–Crippen LogP) is 4.18.